The van der Waals surface area contributed by atoms with E-state index in [1.54, 1.807) is 7.11 Å². The maximum Gasteiger partial charge on any atom is 0.161 e. The van der Waals surface area contributed by atoms with Gasteiger partial charge in [-0.05, 0) is 45.1 Å². The van der Waals surface area contributed by atoms with Gasteiger partial charge in [0.05, 0.1) is 25.0 Å². The Bertz CT molecular complexity index is 427. The first kappa shape index (κ1) is 15.4. The van der Waals surface area contributed by atoms with Crippen LogP contribution in [0.5, 0.6) is 5.75 Å². The molecule has 0 amide bonds. The summed E-state index contributed by atoms with van der Waals surface area (Å²) in [4.78, 5) is 0. The maximum absolute atomic E-state index is 5.57. The number of aromatic nitrogens is 2. The van der Waals surface area contributed by atoms with Crippen LogP contribution in [0.4, 0.5) is 0 Å². The lowest BCUT2D eigenvalue weighted by Gasteiger charge is -2.27. The fraction of sp³-hybridized carbons (Fsp3) is 0.812. The van der Waals surface area contributed by atoms with Gasteiger partial charge in [0.25, 0.3) is 0 Å². The molecule has 1 heterocycles. The molecule has 3 atom stereocenters. The number of hydrogen-bond acceptors (Lipinski definition) is 3. The zero-order valence-corrected chi connectivity index (χ0v) is 13.5. The van der Waals surface area contributed by atoms with E-state index in [0.717, 1.165) is 18.2 Å². The third kappa shape index (κ3) is 3.00. The molecule has 3 unspecified atom stereocenters. The predicted octanol–water partition coefficient (Wildman–Crippen LogP) is 3.56. The van der Waals surface area contributed by atoms with Gasteiger partial charge < -0.3 is 10.1 Å². The van der Waals surface area contributed by atoms with E-state index in [9.17, 15) is 0 Å². The molecule has 1 aliphatic rings. The molecular formula is C16H29N3O. The SMILES string of the molecule is CCNC(c1c(OC)cnn1C(C)C)C1CCC(C)C1. The Morgan fingerprint density at radius 2 is 2.20 bits per heavy atom. The second-order valence-corrected chi connectivity index (χ2v) is 6.35. The Morgan fingerprint density at radius 1 is 1.45 bits per heavy atom. The number of rotatable bonds is 6. The summed E-state index contributed by atoms with van der Waals surface area (Å²) in [5.74, 6) is 2.44. The predicted molar refractivity (Wildman–Crippen MR) is 82.1 cm³/mol. The Labute approximate surface area is 122 Å². The van der Waals surface area contributed by atoms with Crippen LogP contribution in [0.15, 0.2) is 6.20 Å². The van der Waals surface area contributed by atoms with Crippen LogP contribution in [-0.4, -0.2) is 23.4 Å². The Morgan fingerprint density at radius 3 is 2.70 bits per heavy atom. The van der Waals surface area contributed by atoms with Gasteiger partial charge in [-0.3, -0.25) is 4.68 Å². The molecule has 0 radical (unpaired) electrons. The van der Waals surface area contributed by atoms with E-state index in [1.807, 2.05) is 6.20 Å². The van der Waals surface area contributed by atoms with E-state index in [-0.39, 0.29) is 0 Å². The minimum atomic E-state index is 0.352. The van der Waals surface area contributed by atoms with Crippen molar-refractivity contribution in [3.8, 4) is 5.75 Å². The minimum absolute atomic E-state index is 0.352. The van der Waals surface area contributed by atoms with E-state index < -0.39 is 0 Å². The number of nitrogens with one attached hydrogen (secondary N) is 1. The quantitative estimate of drug-likeness (QED) is 0.865. The first-order valence-electron chi connectivity index (χ1n) is 7.93. The zero-order valence-electron chi connectivity index (χ0n) is 13.5. The number of nitrogens with zero attached hydrogens (tertiary/aromatic N) is 2. The van der Waals surface area contributed by atoms with Crippen molar-refractivity contribution in [1.82, 2.24) is 15.1 Å². The largest absolute Gasteiger partial charge is 0.493 e. The van der Waals surface area contributed by atoms with Crippen LogP contribution in [0.25, 0.3) is 0 Å². The van der Waals surface area contributed by atoms with Crippen LogP contribution < -0.4 is 10.1 Å². The standard InChI is InChI=1S/C16H29N3O/c1-6-17-15(13-8-7-12(4)9-13)16-14(20-5)10-18-19(16)11(2)3/h10-13,15,17H,6-9H2,1-5H3. The van der Waals surface area contributed by atoms with E-state index >= 15 is 0 Å². The average molecular weight is 279 g/mol. The van der Waals surface area contributed by atoms with Crippen molar-refractivity contribution in [3.05, 3.63) is 11.9 Å². The summed E-state index contributed by atoms with van der Waals surface area (Å²) in [7, 11) is 1.74. The van der Waals surface area contributed by atoms with Crippen LogP contribution >= 0.6 is 0 Å². The summed E-state index contributed by atoms with van der Waals surface area (Å²) < 4.78 is 7.69. The maximum atomic E-state index is 5.57. The van der Waals surface area contributed by atoms with Crippen molar-refractivity contribution in [2.45, 2.75) is 59.0 Å². The molecule has 1 aromatic heterocycles. The molecule has 0 aromatic carbocycles. The van der Waals surface area contributed by atoms with Crippen LogP contribution in [0.1, 0.15) is 64.7 Å². The Hall–Kier alpha value is -1.03. The minimum Gasteiger partial charge on any atom is -0.493 e. The summed E-state index contributed by atoms with van der Waals surface area (Å²) in [5.41, 5.74) is 1.23. The van der Waals surface area contributed by atoms with E-state index in [1.165, 1.54) is 25.0 Å². The highest BCUT2D eigenvalue weighted by Crippen LogP contribution is 2.41. The van der Waals surface area contributed by atoms with Gasteiger partial charge in [-0.2, -0.15) is 5.10 Å². The zero-order chi connectivity index (χ0) is 14.7. The van der Waals surface area contributed by atoms with Crippen LogP contribution in [0.3, 0.4) is 0 Å². The second kappa shape index (κ2) is 6.61. The normalized spacial score (nSPS) is 24.3. The topological polar surface area (TPSA) is 39.1 Å². The smallest absolute Gasteiger partial charge is 0.161 e. The molecule has 0 spiro atoms. The van der Waals surface area contributed by atoms with Gasteiger partial charge in [0.1, 0.15) is 0 Å². The Kier molecular flexibility index (Phi) is 5.08. The molecular weight excluding hydrogens is 250 g/mol. The summed E-state index contributed by atoms with van der Waals surface area (Å²) in [6, 6.07) is 0.707. The first-order chi connectivity index (χ1) is 9.58. The molecule has 1 fully saturated rings. The van der Waals surface area contributed by atoms with Crippen molar-refractivity contribution in [2.24, 2.45) is 11.8 Å². The van der Waals surface area contributed by atoms with Crippen molar-refractivity contribution in [2.75, 3.05) is 13.7 Å². The van der Waals surface area contributed by atoms with Crippen molar-refractivity contribution in [3.63, 3.8) is 0 Å². The van der Waals surface area contributed by atoms with E-state index in [4.69, 9.17) is 4.74 Å². The molecule has 114 valence electrons. The average Bonchev–Trinajstić information content (AvgIpc) is 3.01. The van der Waals surface area contributed by atoms with Gasteiger partial charge in [-0.15, -0.1) is 0 Å². The number of methoxy groups -OCH3 is 1. The van der Waals surface area contributed by atoms with E-state index in [0.29, 0.717) is 18.0 Å². The summed E-state index contributed by atoms with van der Waals surface area (Å²) in [6.45, 7) is 9.86. The molecule has 4 heteroatoms. The molecule has 1 saturated carbocycles. The van der Waals surface area contributed by atoms with Gasteiger partial charge in [0.15, 0.2) is 5.75 Å². The highest BCUT2D eigenvalue weighted by Gasteiger charge is 2.33. The number of ether oxygens (including phenoxy) is 1. The van der Waals surface area contributed by atoms with Crippen LogP contribution in [-0.2, 0) is 0 Å². The third-order valence-corrected chi connectivity index (χ3v) is 4.43. The van der Waals surface area contributed by atoms with Gasteiger partial charge in [-0.25, -0.2) is 0 Å². The van der Waals surface area contributed by atoms with Gasteiger partial charge in [-0.1, -0.05) is 20.3 Å². The lowest BCUT2D eigenvalue weighted by molar-refractivity contribution is 0.318. The van der Waals surface area contributed by atoms with Gasteiger partial charge in [0.2, 0.25) is 0 Å². The van der Waals surface area contributed by atoms with Crippen molar-refractivity contribution in [1.29, 1.82) is 0 Å². The summed E-state index contributed by atoms with van der Waals surface area (Å²) in [5, 5.41) is 8.21. The molecule has 1 aliphatic carbocycles. The molecule has 4 nitrogen and oxygen atoms in total. The molecule has 0 bridgehead atoms. The van der Waals surface area contributed by atoms with Crippen molar-refractivity contribution < 1.29 is 4.74 Å². The molecule has 2 rings (SSSR count). The summed E-state index contributed by atoms with van der Waals surface area (Å²) >= 11 is 0. The lowest BCUT2D eigenvalue weighted by atomic mass is 9.93. The third-order valence-electron chi connectivity index (χ3n) is 4.43. The molecule has 0 aliphatic heterocycles. The monoisotopic (exact) mass is 279 g/mol. The molecule has 1 N–H and O–H groups in total. The fourth-order valence-electron chi connectivity index (χ4n) is 3.48. The summed E-state index contributed by atoms with van der Waals surface area (Å²) in [6.07, 6.45) is 5.79. The number of hydrogen-bond donors (Lipinski definition) is 1. The van der Waals surface area contributed by atoms with Gasteiger partial charge >= 0.3 is 0 Å². The molecule has 0 saturated heterocycles. The van der Waals surface area contributed by atoms with E-state index in [2.05, 4.69) is 42.8 Å². The van der Waals surface area contributed by atoms with Crippen LogP contribution in [0.2, 0.25) is 0 Å². The molecule has 20 heavy (non-hydrogen) atoms. The highest BCUT2D eigenvalue weighted by atomic mass is 16.5. The van der Waals surface area contributed by atoms with Crippen LogP contribution in [0, 0.1) is 11.8 Å². The lowest BCUT2D eigenvalue weighted by Crippen LogP contribution is -2.30. The second-order valence-electron chi connectivity index (χ2n) is 6.35. The van der Waals surface area contributed by atoms with Crippen molar-refractivity contribution >= 4 is 0 Å². The van der Waals surface area contributed by atoms with Gasteiger partial charge in [0, 0.05) is 6.04 Å². The Balaban J connectivity index is 2.35. The fourth-order valence-corrected chi connectivity index (χ4v) is 3.48. The molecule has 1 aromatic rings. The highest BCUT2D eigenvalue weighted by molar-refractivity contribution is 5.29. The first-order valence-corrected chi connectivity index (χ1v) is 7.93.